The van der Waals surface area contributed by atoms with Gasteiger partial charge in [-0.1, -0.05) is 0 Å². The van der Waals surface area contributed by atoms with Gasteiger partial charge in [0.15, 0.2) is 0 Å². The maximum absolute atomic E-state index is 11.7. The lowest BCUT2D eigenvalue weighted by molar-refractivity contribution is -0.142. The molecule has 0 bridgehead atoms. The summed E-state index contributed by atoms with van der Waals surface area (Å²) in [4.78, 5) is 22.5. The third-order valence-electron chi connectivity index (χ3n) is 3.60. The summed E-state index contributed by atoms with van der Waals surface area (Å²) in [6, 6.07) is -0.335. The van der Waals surface area contributed by atoms with Gasteiger partial charge in [-0.2, -0.15) is 0 Å². The molecule has 1 aliphatic carbocycles. The van der Waals surface area contributed by atoms with Gasteiger partial charge in [0.25, 0.3) is 0 Å². The zero-order valence-corrected chi connectivity index (χ0v) is 11.3. The van der Waals surface area contributed by atoms with Crippen LogP contribution in [0.2, 0.25) is 0 Å². The molecule has 5 heteroatoms. The highest BCUT2D eigenvalue weighted by Crippen LogP contribution is 2.32. The first kappa shape index (κ1) is 15.0. The molecule has 104 valence electrons. The summed E-state index contributed by atoms with van der Waals surface area (Å²) in [5.41, 5.74) is 0. The molecule has 0 heterocycles. The maximum Gasteiger partial charge on any atom is 0.308 e. The molecule has 0 aromatic rings. The first-order chi connectivity index (χ1) is 8.43. The molecule has 1 aliphatic rings. The second-order valence-electron chi connectivity index (χ2n) is 5.10. The van der Waals surface area contributed by atoms with E-state index < -0.39 is 11.9 Å². The number of hydrogen-bond donors (Lipinski definition) is 2. The molecule has 1 saturated carbocycles. The largest absolute Gasteiger partial charge is 0.481 e. The highest BCUT2D eigenvalue weighted by Gasteiger charge is 2.31. The van der Waals surface area contributed by atoms with Crippen molar-refractivity contribution in [3.8, 4) is 0 Å². The highest BCUT2D eigenvalue weighted by molar-refractivity contribution is 5.78. The van der Waals surface area contributed by atoms with E-state index in [0.717, 1.165) is 19.4 Å². The smallest absolute Gasteiger partial charge is 0.308 e. The van der Waals surface area contributed by atoms with Crippen LogP contribution in [0.25, 0.3) is 0 Å². The van der Waals surface area contributed by atoms with Crippen molar-refractivity contribution in [1.82, 2.24) is 5.32 Å². The summed E-state index contributed by atoms with van der Waals surface area (Å²) < 4.78 is 5.43. The average Bonchev–Trinajstić information content (AvgIpc) is 2.24. The van der Waals surface area contributed by atoms with Crippen LogP contribution in [0.15, 0.2) is 0 Å². The number of carboxylic acids is 1. The normalized spacial score (nSPS) is 25.9. The molecule has 2 atom stereocenters. The van der Waals surface area contributed by atoms with Gasteiger partial charge in [0, 0.05) is 19.1 Å². The summed E-state index contributed by atoms with van der Waals surface area (Å²) in [5, 5.41) is 11.6. The average molecular weight is 257 g/mol. The van der Waals surface area contributed by atoms with Crippen molar-refractivity contribution in [3.63, 3.8) is 0 Å². The van der Waals surface area contributed by atoms with Crippen molar-refractivity contribution in [3.05, 3.63) is 0 Å². The quantitative estimate of drug-likeness (QED) is 0.723. The number of hydrogen-bond acceptors (Lipinski definition) is 3. The molecular weight excluding hydrogens is 234 g/mol. The van der Waals surface area contributed by atoms with Gasteiger partial charge in [-0.05, 0) is 39.5 Å². The van der Waals surface area contributed by atoms with E-state index in [0.29, 0.717) is 18.4 Å². The number of amides is 1. The third kappa shape index (κ3) is 4.29. The van der Waals surface area contributed by atoms with Crippen LogP contribution in [0.3, 0.4) is 0 Å². The van der Waals surface area contributed by atoms with Crippen LogP contribution >= 0.6 is 0 Å². The molecule has 0 radical (unpaired) electrons. The molecule has 0 saturated heterocycles. The van der Waals surface area contributed by atoms with E-state index in [1.165, 1.54) is 0 Å². The Morgan fingerprint density at radius 3 is 2.50 bits per heavy atom. The van der Waals surface area contributed by atoms with Crippen LogP contribution in [0.4, 0.5) is 0 Å². The first-order valence-corrected chi connectivity index (χ1v) is 6.57. The lowest BCUT2D eigenvalue weighted by Gasteiger charge is -2.34. The fraction of sp³-hybridized carbons (Fsp3) is 0.846. The summed E-state index contributed by atoms with van der Waals surface area (Å²) in [7, 11) is 0. The number of carbonyl (C=O) groups excluding carboxylic acids is 1. The van der Waals surface area contributed by atoms with Gasteiger partial charge < -0.3 is 15.2 Å². The van der Waals surface area contributed by atoms with Crippen molar-refractivity contribution in [1.29, 1.82) is 0 Å². The number of nitrogens with one attached hydrogen (secondary N) is 1. The molecule has 2 N–H and O–H groups in total. The van der Waals surface area contributed by atoms with Crippen LogP contribution in [-0.4, -0.2) is 35.7 Å². The fourth-order valence-electron chi connectivity index (χ4n) is 2.13. The molecule has 0 aliphatic heterocycles. The fourth-order valence-corrected chi connectivity index (χ4v) is 2.13. The van der Waals surface area contributed by atoms with Crippen LogP contribution < -0.4 is 5.32 Å². The van der Waals surface area contributed by atoms with Gasteiger partial charge in [0.2, 0.25) is 5.91 Å². The number of rotatable bonds is 7. The van der Waals surface area contributed by atoms with E-state index in [2.05, 4.69) is 5.32 Å². The summed E-state index contributed by atoms with van der Waals surface area (Å²) in [6.07, 6.45) is 2.65. The van der Waals surface area contributed by atoms with Gasteiger partial charge in [0.05, 0.1) is 12.0 Å². The van der Waals surface area contributed by atoms with Gasteiger partial charge in [0.1, 0.15) is 0 Å². The van der Waals surface area contributed by atoms with Gasteiger partial charge in [-0.25, -0.2) is 0 Å². The summed E-state index contributed by atoms with van der Waals surface area (Å²) >= 11 is 0. The van der Waals surface area contributed by atoms with Crippen molar-refractivity contribution in [2.45, 2.75) is 52.2 Å². The Labute approximate surface area is 108 Å². The Hall–Kier alpha value is -1.10. The molecule has 2 unspecified atom stereocenters. The second kappa shape index (κ2) is 6.73. The molecule has 0 aromatic carbocycles. The third-order valence-corrected chi connectivity index (χ3v) is 3.60. The zero-order chi connectivity index (χ0) is 13.7. The Morgan fingerprint density at radius 1 is 1.39 bits per heavy atom. The van der Waals surface area contributed by atoms with E-state index in [-0.39, 0.29) is 11.9 Å². The number of carboxylic acid groups (broad SMARTS) is 1. The van der Waals surface area contributed by atoms with E-state index in [9.17, 15) is 9.59 Å². The molecule has 1 rings (SSSR count). The van der Waals surface area contributed by atoms with Gasteiger partial charge in [-0.15, -0.1) is 0 Å². The Kier molecular flexibility index (Phi) is 5.59. The Morgan fingerprint density at radius 2 is 2.00 bits per heavy atom. The number of aliphatic carboxylic acids is 1. The standard InChI is InChI=1S/C13H23NO4/c1-4-18-11-5-10(6-11)7-12(15)14-9(3)8(2)13(16)17/h8-11H,4-7H2,1-3H3,(H,14,15)(H,16,17). The molecule has 0 spiro atoms. The highest BCUT2D eigenvalue weighted by atomic mass is 16.5. The first-order valence-electron chi connectivity index (χ1n) is 6.57. The van der Waals surface area contributed by atoms with E-state index in [1.807, 2.05) is 6.92 Å². The molecule has 5 nitrogen and oxygen atoms in total. The molecular formula is C13H23NO4. The minimum absolute atomic E-state index is 0.0597. The van der Waals surface area contributed by atoms with Crippen molar-refractivity contribution < 1.29 is 19.4 Å². The van der Waals surface area contributed by atoms with Crippen LogP contribution in [0, 0.1) is 11.8 Å². The minimum Gasteiger partial charge on any atom is -0.481 e. The monoisotopic (exact) mass is 257 g/mol. The van der Waals surface area contributed by atoms with Crippen LogP contribution in [0.1, 0.15) is 40.0 Å². The van der Waals surface area contributed by atoms with Gasteiger partial charge in [-0.3, -0.25) is 9.59 Å². The number of ether oxygens (including phenoxy) is 1. The molecule has 1 amide bonds. The Balaban J connectivity index is 2.21. The topological polar surface area (TPSA) is 75.6 Å². The lowest BCUT2D eigenvalue weighted by Crippen LogP contribution is -2.42. The van der Waals surface area contributed by atoms with Crippen LogP contribution in [0.5, 0.6) is 0 Å². The predicted molar refractivity (Wildman–Crippen MR) is 67.2 cm³/mol. The SMILES string of the molecule is CCOC1CC(CC(=O)NC(C)C(C)C(=O)O)C1. The molecule has 0 aromatic heterocycles. The molecule has 1 fully saturated rings. The minimum atomic E-state index is -0.886. The maximum atomic E-state index is 11.7. The number of carbonyl (C=O) groups is 2. The lowest BCUT2D eigenvalue weighted by atomic mass is 9.80. The summed E-state index contributed by atoms with van der Waals surface area (Å²) in [5.74, 6) is -1.13. The van der Waals surface area contributed by atoms with E-state index >= 15 is 0 Å². The zero-order valence-electron chi connectivity index (χ0n) is 11.3. The van der Waals surface area contributed by atoms with Gasteiger partial charge >= 0.3 is 5.97 Å². The Bertz CT molecular complexity index is 299. The van der Waals surface area contributed by atoms with Crippen molar-refractivity contribution >= 4 is 11.9 Å². The predicted octanol–water partition coefficient (Wildman–Crippen LogP) is 1.42. The second-order valence-corrected chi connectivity index (χ2v) is 5.10. The van der Waals surface area contributed by atoms with Crippen molar-refractivity contribution in [2.24, 2.45) is 11.8 Å². The van der Waals surface area contributed by atoms with E-state index in [4.69, 9.17) is 9.84 Å². The van der Waals surface area contributed by atoms with E-state index in [1.54, 1.807) is 13.8 Å². The molecule has 18 heavy (non-hydrogen) atoms. The van der Waals surface area contributed by atoms with Crippen LogP contribution in [-0.2, 0) is 14.3 Å². The summed E-state index contributed by atoms with van der Waals surface area (Å²) in [6.45, 7) is 6.01. The van der Waals surface area contributed by atoms with Crippen molar-refractivity contribution in [2.75, 3.05) is 6.61 Å².